The highest BCUT2D eigenvalue weighted by atomic mass is 16.1. The molecule has 0 radical (unpaired) electrons. The van der Waals surface area contributed by atoms with Gasteiger partial charge in [-0.15, -0.1) is 0 Å². The van der Waals surface area contributed by atoms with Crippen molar-refractivity contribution in [2.75, 3.05) is 13.1 Å². The topological polar surface area (TPSA) is 58.4 Å². The number of carbonyl (C=O) groups is 1. The van der Waals surface area contributed by atoms with Gasteiger partial charge in [-0.25, -0.2) is 0 Å². The molecule has 4 nitrogen and oxygen atoms in total. The molecule has 122 valence electrons. The largest absolute Gasteiger partial charge is 0.368 e. The molecule has 0 aromatic heterocycles. The van der Waals surface area contributed by atoms with E-state index >= 15 is 0 Å². The van der Waals surface area contributed by atoms with Crippen molar-refractivity contribution in [2.45, 2.75) is 83.3 Å². The average Bonchev–Trinajstić information content (AvgIpc) is 3.28. The first kappa shape index (κ1) is 16.8. The number of hydrogen-bond donors (Lipinski definition) is 2. The van der Waals surface area contributed by atoms with Gasteiger partial charge in [-0.1, -0.05) is 26.2 Å². The summed E-state index contributed by atoms with van der Waals surface area (Å²) in [5.74, 6) is 0.267. The van der Waals surface area contributed by atoms with Crippen LogP contribution < -0.4 is 11.1 Å². The minimum absolute atomic E-state index is 0.159. The van der Waals surface area contributed by atoms with Gasteiger partial charge in [0.1, 0.15) is 5.54 Å². The summed E-state index contributed by atoms with van der Waals surface area (Å²) >= 11 is 0. The summed E-state index contributed by atoms with van der Waals surface area (Å²) < 4.78 is 0. The maximum absolute atomic E-state index is 12.3. The second kappa shape index (κ2) is 7.10. The number of hydrogen-bond acceptors (Lipinski definition) is 3. The van der Waals surface area contributed by atoms with E-state index in [1.165, 1.54) is 32.1 Å². The Morgan fingerprint density at radius 3 is 2.29 bits per heavy atom. The summed E-state index contributed by atoms with van der Waals surface area (Å²) in [6.45, 7) is 8.22. The average molecular weight is 295 g/mol. The second-order valence-corrected chi connectivity index (χ2v) is 7.26. The lowest BCUT2D eigenvalue weighted by atomic mass is 9.87. The summed E-state index contributed by atoms with van der Waals surface area (Å²) in [4.78, 5) is 14.8. The Morgan fingerprint density at radius 1 is 1.24 bits per heavy atom. The number of nitrogens with one attached hydrogen (secondary N) is 1. The van der Waals surface area contributed by atoms with Gasteiger partial charge >= 0.3 is 0 Å². The van der Waals surface area contributed by atoms with Crippen molar-refractivity contribution in [1.29, 1.82) is 0 Å². The van der Waals surface area contributed by atoms with Crippen molar-refractivity contribution in [3.05, 3.63) is 0 Å². The summed E-state index contributed by atoms with van der Waals surface area (Å²) in [5.41, 5.74) is 5.34. The summed E-state index contributed by atoms with van der Waals surface area (Å²) in [5, 5.41) is 3.54. The molecule has 0 aromatic carbocycles. The monoisotopic (exact) mass is 295 g/mol. The van der Waals surface area contributed by atoms with Crippen molar-refractivity contribution >= 4 is 5.91 Å². The molecule has 2 rings (SSSR count). The molecular formula is C17H33N3O. The van der Waals surface area contributed by atoms with E-state index in [0.29, 0.717) is 12.0 Å². The van der Waals surface area contributed by atoms with Gasteiger partial charge in [-0.05, 0) is 52.0 Å². The summed E-state index contributed by atoms with van der Waals surface area (Å²) in [7, 11) is 0. The minimum Gasteiger partial charge on any atom is -0.368 e. The van der Waals surface area contributed by atoms with E-state index in [4.69, 9.17) is 5.73 Å². The normalized spacial score (nSPS) is 23.5. The molecule has 0 spiro atoms. The van der Waals surface area contributed by atoms with Crippen LogP contribution in [0.5, 0.6) is 0 Å². The highest BCUT2D eigenvalue weighted by Crippen LogP contribution is 2.41. The van der Waals surface area contributed by atoms with Crippen molar-refractivity contribution in [2.24, 2.45) is 11.7 Å². The number of rotatable bonds is 8. The Bertz CT molecular complexity index is 348. The van der Waals surface area contributed by atoms with Crippen LogP contribution in [0.15, 0.2) is 0 Å². The number of carbonyl (C=O) groups excluding carboxylic acids is 1. The fourth-order valence-electron chi connectivity index (χ4n) is 4.00. The van der Waals surface area contributed by atoms with E-state index in [1.807, 2.05) is 0 Å². The van der Waals surface area contributed by atoms with Crippen LogP contribution in [0.2, 0.25) is 0 Å². The summed E-state index contributed by atoms with van der Waals surface area (Å²) in [6, 6.07) is 0.915. The number of nitrogens with two attached hydrogens (primary N) is 1. The Hall–Kier alpha value is -0.610. The van der Waals surface area contributed by atoms with Crippen molar-refractivity contribution < 1.29 is 4.79 Å². The fraction of sp³-hybridized carbons (Fsp3) is 0.941. The lowest BCUT2D eigenvalue weighted by molar-refractivity contribution is -0.127. The molecule has 21 heavy (non-hydrogen) atoms. The summed E-state index contributed by atoms with van der Waals surface area (Å²) in [6.07, 6.45) is 8.82. The fourth-order valence-corrected chi connectivity index (χ4v) is 4.00. The Morgan fingerprint density at radius 2 is 1.86 bits per heavy atom. The van der Waals surface area contributed by atoms with Crippen LogP contribution in [0.4, 0.5) is 0 Å². The lowest BCUT2D eigenvalue weighted by Gasteiger charge is -2.42. The third kappa shape index (κ3) is 3.98. The van der Waals surface area contributed by atoms with Gasteiger partial charge in [0.05, 0.1) is 0 Å². The first-order chi connectivity index (χ1) is 9.99. The number of nitrogens with zero attached hydrogens (tertiary/aromatic N) is 1. The Balaban J connectivity index is 2.13. The third-order valence-electron chi connectivity index (χ3n) is 5.21. The van der Waals surface area contributed by atoms with Gasteiger partial charge in [-0.2, -0.15) is 0 Å². The number of primary amides is 1. The molecule has 2 aliphatic carbocycles. The van der Waals surface area contributed by atoms with E-state index in [2.05, 4.69) is 31.0 Å². The van der Waals surface area contributed by atoms with Crippen LogP contribution in [-0.2, 0) is 4.79 Å². The lowest BCUT2D eigenvalue weighted by Crippen LogP contribution is -2.65. The van der Waals surface area contributed by atoms with Crippen LogP contribution in [0, 0.1) is 5.92 Å². The predicted molar refractivity (Wildman–Crippen MR) is 87.0 cm³/mol. The van der Waals surface area contributed by atoms with E-state index in [1.54, 1.807) is 0 Å². The highest BCUT2D eigenvalue weighted by molar-refractivity contribution is 5.86. The van der Waals surface area contributed by atoms with Gasteiger partial charge in [0.2, 0.25) is 5.91 Å². The molecule has 0 aliphatic heterocycles. The third-order valence-corrected chi connectivity index (χ3v) is 5.21. The van der Waals surface area contributed by atoms with Gasteiger partial charge in [0.15, 0.2) is 0 Å². The minimum atomic E-state index is -0.526. The standard InChI is InChI=1S/C17H33N3O/c1-4-20(15-8-6-5-7-9-15)12-17(16(18)21,14-10-11-14)19-13(2)3/h13-15,19H,4-12H2,1-3H3,(H2,18,21). The molecule has 1 amide bonds. The van der Waals surface area contributed by atoms with Crippen molar-refractivity contribution in [1.82, 2.24) is 10.2 Å². The zero-order chi connectivity index (χ0) is 15.5. The van der Waals surface area contributed by atoms with Crippen LogP contribution in [-0.4, -0.2) is 41.5 Å². The molecule has 3 N–H and O–H groups in total. The zero-order valence-corrected chi connectivity index (χ0v) is 14.0. The molecule has 2 saturated carbocycles. The van der Waals surface area contributed by atoms with Gasteiger partial charge in [0.25, 0.3) is 0 Å². The molecular weight excluding hydrogens is 262 g/mol. The molecule has 1 atom stereocenters. The predicted octanol–water partition coefficient (Wildman–Crippen LogP) is 2.27. The quantitative estimate of drug-likeness (QED) is 0.722. The van der Waals surface area contributed by atoms with Crippen LogP contribution in [0.3, 0.4) is 0 Å². The van der Waals surface area contributed by atoms with Gasteiger partial charge in [0, 0.05) is 18.6 Å². The van der Waals surface area contributed by atoms with E-state index in [9.17, 15) is 4.79 Å². The maximum Gasteiger partial charge on any atom is 0.239 e. The van der Waals surface area contributed by atoms with Crippen LogP contribution in [0.1, 0.15) is 65.7 Å². The van der Waals surface area contributed by atoms with E-state index in [-0.39, 0.29) is 11.9 Å². The smallest absolute Gasteiger partial charge is 0.239 e. The maximum atomic E-state index is 12.3. The number of likely N-dealkylation sites (N-methyl/N-ethyl adjacent to an activating group) is 1. The first-order valence-corrected chi connectivity index (χ1v) is 8.81. The Kier molecular flexibility index (Phi) is 5.67. The van der Waals surface area contributed by atoms with E-state index < -0.39 is 5.54 Å². The van der Waals surface area contributed by atoms with E-state index in [0.717, 1.165) is 25.9 Å². The molecule has 0 bridgehead atoms. The second-order valence-electron chi connectivity index (χ2n) is 7.26. The zero-order valence-electron chi connectivity index (χ0n) is 14.0. The molecule has 2 aliphatic rings. The molecule has 0 aromatic rings. The van der Waals surface area contributed by atoms with Crippen molar-refractivity contribution in [3.8, 4) is 0 Å². The molecule has 1 unspecified atom stereocenters. The SMILES string of the molecule is CCN(CC(NC(C)C)(C(N)=O)C1CC1)C1CCCCC1. The number of amides is 1. The molecule has 0 saturated heterocycles. The van der Waals surface area contributed by atoms with Gasteiger partial charge in [-0.3, -0.25) is 15.0 Å². The molecule has 0 heterocycles. The Labute approximate surface area is 129 Å². The van der Waals surface area contributed by atoms with Crippen molar-refractivity contribution in [3.63, 3.8) is 0 Å². The van der Waals surface area contributed by atoms with Crippen LogP contribution >= 0.6 is 0 Å². The molecule has 4 heteroatoms. The molecule has 2 fully saturated rings. The van der Waals surface area contributed by atoms with Gasteiger partial charge < -0.3 is 5.73 Å². The van der Waals surface area contributed by atoms with Crippen LogP contribution in [0.25, 0.3) is 0 Å². The first-order valence-electron chi connectivity index (χ1n) is 8.81. The highest BCUT2D eigenvalue weighted by Gasteiger charge is 2.51.